The van der Waals surface area contributed by atoms with E-state index in [9.17, 15) is 0 Å². The molecule has 0 aliphatic rings. The third kappa shape index (κ3) is 3.54. The first-order valence-corrected chi connectivity index (χ1v) is 6.75. The highest BCUT2D eigenvalue weighted by molar-refractivity contribution is 5.80. The molecule has 0 radical (unpaired) electrons. The van der Waals surface area contributed by atoms with Crippen LogP contribution in [0, 0.1) is 13.8 Å². The van der Waals surface area contributed by atoms with Crippen molar-refractivity contribution in [1.29, 1.82) is 0 Å². The SMILES string of the molecule is COc1cc(C=NN)ccc1OCc1cccc(C)c1C. The van der Waals surface area contributed by atoms with Crippen LogP contribution in [0.3, 0.4) is 0 Å². The van der Waals surface area contributed by atoms with Crippen LogP contribution in [0.2, 0.25) is 0 Å². The number of rotatable bonds is 5. The van der Waals surface area contributed by atoms with Crippen molar-refractivity contribution in [2.45, 2.75) is 20.5 Å². The molecule has 110 valence electrons. The molecule has 0 amide bonds. The average molecular weight is 284 g/mol. The maximum atomic E-state index is 5.88. The zero-order valence-corrected chi connectivity index (χ0v) is 12.6. The second-order valence-electron chi connectivity index (χ2n) is 4.84. The summed E-state index contributed by atoms with van der Waals surface area (Å²) in [6.07, 6.45) is 1.57. The highest BCUT2D eigenvalue weighted by Gasteiger charge is 2.07. The second kappa shape index (κ2) is 6.79. The Kier molecular flexibility index (Phi) is 4.82. The van der Waals surface area contributed by atoms with Gasteiger partial charge >= 0.3 is 0 Å². The first-order chi connectivity index (χ1) is 10.2. The Hall–Kier alpha value is -2.49. The zero-order chi connectivity index (χ0) is 15.2. The van der Waals surface area contributed by atoms with Crippen LogP contribution in [0.5, 0.6) is 11.5 Å². The predicted octanol–water partition coefficient (Wildman–Crippen LogP) is 3.18. The van der Waals surface area contributed by atoms with Crippen molar-refractivity contribution in [2.24, 2.45) is 10.9 Å². The first kappa shape index (κ1) is 14.9. The largest absolute Gasteiger partial charge is 0.493 e. The first-order valence-electron chi connectivity index (χ1n) is 6.75. The molecule has 0 aliphatic carbocycles. The molecule has 0 atom stereocenters. The van der Waals surface area contributed by atoms with Crippen molar-refractivity contribution in [3.05, 3.63) is 58.7 Å². The van der Waals surface area contributed by atoms with Crippen LogP contribution < -0.4 is 15.3 Å². The van der Waals surface area contributed by atoms with Crippen molar-refractivity contribution in [3.8, 4) is 11.5 Å². The van der Waals surface area contributed by atoms with Crippen molar-refractivity contribution in [3.63, 3.8) is 0 Å². The van der Waals surface area contributed by atoms with Gasteiger partial charge in [-0.05, 0) is 54.3 Å². The number of hydrogen-bond acceptors (Lipinski definition) is 4. The van der Waals surface area contributed by atoms with E-state index in [4.69, 9.17) is 15.3 Å². The molecule has 0 spiro atoms. The summed E-state index contributed by atoms with van der Waals surface area (Å²) >= 11 is 0. The second-order valence-corrected chi connectivity index (χ2v) is 4.84. The normalized spacial score (nSPS) is 10.8. The summed E-state index contributed by atoms with van der Waals surface area (Å²) in [6.45, 7) is 4.71. The van der Waals surface area contributed by atoms with E-state index in [0.29, 0.717) is 18.1 Å². The molecule has 0 aromatic heterocycles. The van der Waals surface area contributed by atoms with Crippen LogP contribution in [-0.4, -0.2) is 13.3 Å². The summed E-state index contributed by atoms with van der Waals surface area (Å²) < 4.78 is 11.2. The monoisotopic (exact) mass is 284 g/mol. The van der Waals surface area contributed by atoms with Gasteiger partial charge in [0.2, 0.25) is 0 Å². The number of hydrogen-bond donors (Lipinski definition) is 1. The molecule has 2 rings (SSSR count). The molecule has 0 saturated heterocycles. The highest BCUT2D eigenvalue weighted by atomic mass is 16.5. The van der Waals surface area contributed by atoms with Crippen molar-refractivity contribution < 1.29 is 9.47 Å². The molecular formula is C17H20N2O2. The van der Waals surface area contributed by atoms with Crippen LogP contribution in [0.4, 0.5) is 0 Å². The van der Waals surface area contributed by atoms with Crippen LogP contribution in [0.25, 0.3) is 0 Å². The van der Waals surface area contributed by atoms with Gasteiger partial charge in [0.25, 0.3) is 0 Å². The molecule has 21 heavy (non-hydrogen) atoms. The topological polar surface area (TPSA) is 56.8 Å². The van der Waals surface area contributed by atoms with E-state index < -0.39 is 0 Å². The Morgan fingerprint density at radius 2 is 1.95 bits per heavy atom. The minimum atomic E-state index is 0.508. The standard InChI is InChI=1S/C17H20N2O2/c1-12-5-4-6-15(13(12)2)11-21-16-8-7-14(10-19-18)9-17(16)20-3/h4-10H,11,18H2,1-3H3. The predicted molar refractivity (Wildman–Crippen MR) is 85.0 cm³/mol. The summed E-state index contributed by atoms with van der Waals surface area (Å²) in [4.78, 5) is 0. The smallest absolute Gasteiger partial charge is 0.161 e. The zero-order valence-electron chi connectivity index (χ0n) is 12.6. The number of benzene rings is 2. The Labute approximate surface area is 125 Å². The van der Waals surface area contributed by atoms with E-state index in [1.807, 2.05) is 24.3 Å². The van der Waals surface area contributed by atoms with Crippen molar-refractivity contribution in [1.82, 2.24) is 0 Å². The molecule has 2 aromatic carbocycles. The molecule has 2 N–H and O–H groups in total. The van der Waals surface area contributed by atoms with Gasteiger partial charge in [-0.25, -0.2) is 0 Å². The minimum absolute atomic E-state index is 0.508. The van der Waals surface area contributed by atoms with Crippen LogP contribution in [0.1, 0.15) is 22.3 Å². The van der Waals surface area contributed by atoms with Gasteiger partial charge in [0.1, 0.15) is 6.61 Å². The van der Waals surface area contributed by atoms with Gasteiger partial charge in [-0.15, -0.1) is 0 Å². The summed E-state index contributed by atoms with van der Waals surface area (Å²) in [6, 6.07) is 11.8. The molecule has 0 aliphatic heterocycles. The van der Waals surface area contributed by atoms with Crippen LogP contribution in [-0.2, 0) is 6.61 Å². The maximum absolute atomic E-state index is 5.88. The Morgan fingerprint density at radius 3 is 2.67 bits per heavy atom. The summed E-state index contributed by atoms with van der Waals surface area (Å²) in [5.41, 5.74) is 4.55. The number of nitrogens with zero attached hydrogens (tertiary/aromatic N) is 1. The van der Waals surface area contributed by atoms with Crippen LogP contribution >= 0.6 is 0 Å². The lowest BCUT2D eigenvalue weighted by Crippen LogP contribution is -2.01. The summed E-state index contributed by atoms with van der Waals surface area (Å²) in [7, 11) is 1.61. The van der Waals surface area contributed by atoms with Gasteiger partial charge < -0.3 is 15.3 Å². The van der Waals surface area contributed by atoms with Gasteiger partial charge in [0, 0.05) is 0 Å². The van der Waals surface area contributed by atoms with Gasteiger partial charge in [-0.2, -0.15) is 5.10 Å². The average Bonchev–Trinajstić information content (AvgIpc) is 2.50. The summed E-state index contributed by atoms with van der Waals surface area (Å²) in [5.74, 6) is 6.52. The van der Waals surface area contributed by atoms with Gasteiger partial charge in [-0.1, -0.05) is 18.2 Å². The van der Waals surface area contributed by atoms with Gasteiger partial charge in [0.05, 0.1) is 13.3 Å². The molecule has 0 fully saturated rings. The fraction of sp³-hybridized carbons (Fsp3) is 0.235. The van der Waals surface area contributed by atoms with Crippen LogP contribution in [0.15, 0.2) is 41.5 Å². The number of hydrazone groups is 1. The third-order valence-electron chi connectivity index (χ3n) is 3.51. The fourth-order valence-electron chi connectivity index (χ4n) is 2.09. The van der Waals surface area contributed by atoms with E-state index in [1.165, 1.54) is 16.7 Å². The van der Waals surface area contributed by atoms with Gasteiger partial charge in [0.15, 0.2) is 11.5 Å². The Balaban J connectivity index is 2.18. The number of nitrogens with two attached hydrogens (primary N) is 1. The van der Waals surface area contributed by atoms with E-state index in [1.54, 1.807) is 13.3 Å². The lowest BCUT2D eigenvalue weighted by atomic mass is 10.0. The molecule has 0 bridgehead atoms. The molecule has 0 unspecified atom stereocenters. The lowest BCUT2D eigenvalue weighted by Gasteiger charge is -2.13. The molecule has 0 saturated carbocycles. The minimum Gasteiger partial charge on any atom is -0.493 e. The Morgan fingerprint density at radius 1 is 1.14 bits per heavy atom. The van der Waals surface area contributed by atoms with E-state index in [0.717, 1.165) is 5.56 Å². The molecule has 0 heterocycles. The van der Waals surface area contributed by atoms with E-state index >= 15 is 0 Å². The van der Waals surface area contributed by atoms with E-state index in [2.05, 4.69) is 31.1 Å². The molecule has 4 heteroatoms. The number of aryl methyl sites for hydroxylation is 1. The molecule has 4 nitrogen and oxygen atoms in total. The lowest BCUT2D eigenvalue weighted by molar-refractivity contribution is 0.284. The molecular weight excluding hydrogens is 264 g/mol. The highest BCUT2D eigenvalue weighted by Crippen LogP contribution is 2.28. The molecule has 2 aromatic rings. The maximum Gasteiger partial charge on any atom is 0.161 e. The van der Waals surface area contributed by atoms with Gasteiger partial charge in [-0.3, -0.25) is 0 Å². The Bertz CT molecular complexity index is 651. The third-order valence-corrected chi connectivity index (χ3v) is 3.51. The van der Waals surface area contributed by atoms with E-state index in [-0.39, 0.29) is 0 Å². The quantitative estimate of drug-likeness (QED) is 0.521. The van der Waals surface area contributed by atoms with Crippen molar-refractivity contribution >= 4 is 6.21 Å². The fourth-order valence-corrected chi connectivity index (χ4v) is 2.09. The number of methoxy groups -OCH3 is 1. The number of ether oxygens (including phenoxy) is 2. The summed E-state index contributed by atoms with van der Waals surface area (Å²) in [5, 5.41) is 3.50. The van der Waals surface area contributed by atoms with Crippen molar-refractivity contribution in [2.75, 3.05) is 7.11 Å².